The molecule has 4 heteroatoms. The SMILES string of the molecule is CC[C@@H](N)c1ccc(N(C)Cc2csc(C)n2)cc1. The largest absolute Gasteiger partial charge is 0.369 e. The van der Waals surface area contributed by atoms with Gasteiger partial charge in [0.1, 0.15) is 0 Å². The Morgan fingerprint density at radius 2 is 2.00 bits per heavy atom. The topological polar surface area (TPSA) is 42.1 Å². The van der Waals surface area contributed by atoms with Crippen LogP contribution in [0.5, 0.6) is 0 Å². The Morgan fingerprint density at radius 1 is 1.32 bits per heavy atom. The van der Waals surface area contributed by atoms with E-state index in [4.69, 9.17) is 5.73 Å². The second-order valence-electron chi connectivity index (χ2n) is 4.82. The molecule has 0 saturated heterocycles. The van der Waals surface area contributed by atoms with Crippen LogP contribution in [0.25, 0.3) is 0 Å². The molecule has 1 heterocycles. The highest BCUT2D eigenvalue weighted by Gasteiger charge is 2.07. The fourth-order valence-corrected chi connectivity index (χ4v) is 2.63. The molecule has 0 radical (unpaired) electrons. The molecule has 0 fully saturated rings. The maximum atomic E-state index is 6.02. The minimum Gasteiger partial charge on any atom is -0.369 e. The molecule has 1 aromatic heterocycles. The molecule has 0 saturated carbocycles. The van der Waals surface area contributed by atoms with Crippen LogP contribution >= 0.6 is 11.3 Å². The lowest BCUT2D eigenvalue weighted by Crippen LogP contribution is -2.17. The van der Waals surface area contributed by atoms with Crippen LogP contribution in [0.15, 0.2) is 29.6 Å². The fourth-order valence-electron chi connectivity index (χ4n) is 2.03. The van der Waals surface area contributed by atoms with E-state index in [0.717, 1.165) is 23.7 Å². The van der Waals surface area contributed by atoms with Crippen LogP contribution in [0, 0.1) is 6.92 Å². The molecule has 0 bridgehead atoms. The summed E-state index contributed by atoms with van der Waals surface area (Å²) in [5.41, 5.74) is 9.54. The van der Waals surface area contributed by atoms with Crippen molar-refractivity contribution >= 4 is 17.0 Å². The normalized spacial score (nSPS) is 12.4. The molecule has 2 rings (SSSR count). The van der Waals surface area contributed by atoms with Gasteiger partial charge in [0.2, 0.25) is 0 Å². The van der Waals surface area contributed by atoms with Gasteiger partial charge in [-0.2, -0.15) is 0 Å². The lowest BCUT2D eigenvalue weighted by atomic mass is 10.1. The molecule has 2 N–H and O–H groups in total. The van der Waals surface area contributed by atoms with Crippen LogP contribution in [0.1, 0.15) is 35.7 Å². The Labute approximate surface area is 119 Å². The Morgan fingerprint density at radius 3 is 2.53 bits per heavy atom. The summed E-state index contributed by atoms with van der Waals surface area (Å²) in [5.74, 6) is 0. The maximum absolute atomic E-state index is 6.02. The Hall–Kier alpha value is -1.39. The second-order valence-corrected chi connectivity index (χ2v) is 5.88. The van der Waals surface area contributed by atoms with Crippen molar-refractivity contribution < 1.29 is 0 Å². The van der Waals surface area contributed by atoms with Gasteiger partial charge in [0.25, 0.3) is 0 Å². The molecule has 1 atom stereocenters. The summed E-state index contributed by atoms with van der Waals surface area (Å²) in [6, 6.07) is 8.63. The molecule has 0 aliphatic carbocycles. The first-order valence-corrected chi connectivity index (χ1v) is 7.45. The number of aromatic nitrogens is 1. The summed E-state index contributed by atoms with van der Waals surface area (Å²) in [4.78, 5) is 6.70. The number of thiazole rings is 1. The Bertz CT molecular complexity index is 518. The van der Waals surface area contributed by atoms with Gasteiger partial charge < -0.3 is 10.6 Å². The van der Waals surface area contributed by atoms with Crippen molar-refractivity contribution in [3.8, 4) is 0 Å². The lowest BCUT2D eigenvalue weighted by molar-refractivity contribution is 0.698. The van der Waals surface area contributed by atoms with E-state index < -0.39 is 0 Å². The second kappa shape index (κ2) is 6.17. The van der Waals surface area contributed by atoms with Crippen molar-refractivity contribution in [1.82, 2.24) is 4.98 Å². The third-order valence-electron chi connectivity index (χ3n) is 3.27. The number of benzene rings is 1. The van der Waals surface area contributed by atoms with Gasteiger partial charge in [0, 0.05) is 24.2 Å². The van der Waals surface area contributed by atoms with Crippen molar-refractivity contribution in [1.29, 1.82) is 0 Å². The summed E-state index contributed by atoms with van der Waals surface area (Å²) in [6.07, 6.45) is 0.966. The summed E-state index contributed by atoms with van der Waals surface area (Å²) in [5, 5.41) is 3.24. The molecule has 0 amide bonds. The van der Waals surface area contributed by atoms with Crippen LogP contribution < -0.4 is 10.6 Å². The highest BCUT2D eigenvalue weighted by Crippen LogP contribution is 2.20. The van der Waals surface area contributed by atoms with Gasteiger partial charge in [-0.15, -0.1) is 11.3 Å². The molecule has 0 aliphatic rings. The summed E-state index contributed by atoms with van der Waals surface area (Å²) in [7, 11) is 2.09. The average molecular weight is 275 g/mol. The van der Waals surface area contributed by atoms with Crippen molar-refractivity contribution in [3.05, 3.63) is 45.9 Å². The predicted molar refractivity (Wildman–Crippen MR) is 82.6 cm³/mol. The van der Waals surface area contributed by atoms with Crippen LogP contribution in [-0.4, -0.2) is 12.0 Å². The van der Waals surface area contributed by atoms with E-state index in [-0.39, 0.29) is 6.04 Å². The summed E-state index contributed by atoms with van der Waals surface area (Å²) in [6.45, 7) is 4.98. The van der Waals surface area contributed by atoms with E-state index in [2.05, 4.69) is 53.5 Å². The molecule has 0 spiro atoms. The smallest absolute Gasteiger partial charge is 0.0898 e. The number of nitrogens with two attached hydrogens (primary N) is 1. The molecule has 2 aromatic rings. The first-order valence-electron chi connectivity index (χ1n) is 6.58. The monoisotopic (exact) mass is 275 g/mol. The number of aryl methyl sites for hydroxylation is 1. The van der Waals surface area contributed by atoms with Crippen molar-refractivity contribution in [2.24, 2.45) is 5.73 Å². The number of hydrogen-bond acceptors (Lipinski definition) is 4. The number of anilines is 1. The molecule has 0 aliphatic heterocycles. The summed E-state index contributed by atoms with van der Waals surface area (Å²) >= 11 is 1.70. The van der Waals surface area contributed by atoms with E-state index >= 15 is 0 Å². The van der Waals surface area contributed by atoms with Crippen molar-refractivity contribution in [2.45, 2.75) is 32.9 Å². The lowest BCUT2D eigenvalue weighted by Gasteiger charge is -2.19. The van der Waals surface area contributed by atoms with Crippen molar-refractivity contribution in [3.63, 3.8) is 0 Å². The van der Waals surface area contributed by atoms with Gasteiger partial charge >= 0.3 is 0 Å². The summed E-state index contributed by atoms with van der Waals surface area (Å²) < 4.78 is 0. The van der Waals surface area contributed by atoms with E-state index in [9.17, 15) is 0 Å². The van der Waals surface area contributed by atoms with E-state index in [1.165, 1.54) is 11.3 Å². The average Bonchev–Trinajstić information content (AvgIpc) is 2.83. The van der Waals surface area contributed by atoms with Crippen LogP contribution in [-0.2, 0) is 6.54 Å². The number of hydrogen-bond donors (Lipinski definition) is 1. The van der Waals surface area contributed by atoms with Gasteiger partial charge in [-0.05, 0) is 31.0 Å². The molecular formula is C15H21N3S. The first kappa shape index (κ1) is 14.0. The standard InChI is InChI=1S/C15H21N3S/c1-4-15(16)12-5-7-14(8-6-12)18(3)9-13-10-19-11(2)17-13/h5-8,10,15H,4,9,16H2,1-3H3/t15-/m1/s1. The van der Waals surface area contributed by atoms with E-state index in [1.54, 1.807) is 11.3 Å². The molecular weight excluding hydrogens is 254 g/mol. The van der Waals surface area contributed by atoms with Crippen molar-refractivity contribution in [2.75, 3.05) is 11.9 Å². The molecule has 19 heavy (non-hydrogen) atoms. The Balaban J connectivity index is 2.05. The zero-order valence-electron chi connectivity index (χ0n) is 11.8. The quantitative estimate of drug-likeness (QED) is 0.908. The first-order chi connectivity index (χ1) is 9.10. The Kier molecular flexibility index (Phi) is 4.56. The fraction of sp³-hybridized carbons (Fsp3) is 0.400. The third kappa shape index (κ3) is 3.55. The minimum atomic E-state index is 0.139. The third-order valence-corrected chi connectivity index (χ3v) is 4.09. The van der Waals surface area contributed by atoms with Gasteiger partial charge in [-0.1, -0.05) is 19.1 Å². The van der Waals surface area contributed by atoms with E-state index in [1.807, 2.05) is 6.92 Å². The number of nitrogens with zero attached hydrogens (tertiary/aromatic N) is 2. The zero-order valence-corrected chi connectivity index (χ0v) is 12.6. The number of rotatable bonds is 5. The van der Waals surface area contributed by atoms with E-state index in [0.29, 0.717) is 0 Å². The molecule has 3 nitrogen and oxygen atoms in total. The van der Waals surface area contributed by atoms with Crippen LogP contribution in [0.2, 0.25) is 0 Å². The zero-order chi connectivity index (χ0) is 13.8. The minimum absolute atomic E-state index is 0.139. The van der Waals surface area contributed by atoms with Crippen LogP contribution in [0.4, 0.5) is 5.69 Å². The van der Waals surface area contributed by atoms with Gasteiger partial charge in [-0.3, -0.25) is 0 Å². The maximum Gasteiger partial charge on any atom is 0.0898 e. The molecule has 1 aromatic carbocycles. The molecule has 102 valence electrons. The van der Waals surface area contributed by atoms with Gasteiger partial charge in [-0.25, -0.2) is 4.98 Å². The van der Waals surface area contributed by atoms with Gasteiger partial charge in [0.05, 0.1) is 17.2 Å². The molecule has 0 unspecified atom stereocenters. The van der Waals surface area contributed by atoms with Crippen LogP contribution in [0.3, 0.4) is 0 Å². The van der Waals surface area contributed by atoms with Gasteiger partial charge in [0.15, 0.2) is 0 Å². The highest BCUT2D eigenvalue weighted by molar-refractivity contribution is 7.09. The highest BCUT2D eigenvalue weighted by atomic mass is 32.1. The predicted octanol–water partition coefficient (Wildman–Crippen LogP) is 3.50.